The maximum Gasteiger partial charge on any atom is 0.346 e. The summed E-state index contributed by atoms with van der Waals surface area (Å²) in [4.78, 5) is 10.4. The van der Waals surface area contributed by atoms with Gasteiger partial charge in [-0.05, 0) is 6.92 Å². The molecule has 1 aromatic rings. The number of carboxylic acids is 1. The zero-order chi connectivity index (χ0) is 9.84. The van der Waals surface area contributed by atoms with Crippen molar-refractivity contribution in [3.63, 3.8) is 0 Å². The van der Waals surface area contributed by atoms with Gasteiger partial charge < -0.3 is 9.63 Å². The Labute approximate surface area is 73.9 Å². The van der Waals surface area contributed by atoms with E-state index in [2.05, 4.69) is 5.16 Å². The van der Waals surface area contributed by atoms with Gasteiger partial charge in [-0.2, -0.15) is 5.26 Å². The van der Waals surface area contributed by atoms with Crippen LogP contribution in [0.25, 0.3) is 6.08 Å². The van der Waals surface area contributed by atoms with Gasteiger partial charge >= 0.3 is 5.97 Å². The molecule has 0 amide bonds. The maximum atomic E-state index is 10.4. The van der Waals surface area contributed by atoms with Crippen LogP contribution in [0.2, 0.25) is 0 Å². The molecule has 5 nitrogen and oxygen atoms in total. The standard InChI is InChI=1S/C8H6N2O3/c1-5-2-7(13-10-5)3-6(4-9)8(11)12/h2-3H,1H3,(H,11,12)/b6-3+. The van der Waals surface area contributed by atoms with Crippen molar-refractivity contribution in [3.05, 3.63) is 23.1 Å². The van der Waals surface area contributed by atoms with Crippen molar-refractivity contribution < 1.29 is 14.4 Å². The molecule has 0 fully saturated rings. The minimum Gasteiger partial charge on any atom is -0.477 e. The Kier molecular flexibility index (Phi) is 2.45. The fourth-order valence-electron chi connectivity index (χ4n) is 0.735. The molecule has 1 rings (SSSR count). The van der Waals surface area contributed by atoms with Gasteiger partial charge in [0.1, 0.15) is 11.6 Å². The first kappa shape index (κ1) is 9.00. The van der Waals surface area contributed by atoms with Gasteiger partial charge in [0.05, 0.1) is 5.69 Å². The summed E-state index contributed by atoms with van der Waals surface area (Å²) in [6.07, 6.45) is 1.13. The van der Waals surface area contributed by atoms with Crippen LogP contribution in [0.5, 0.6) is 0 Å². The van der Waals surface area contributed by atoms with Gasteiger partial charge in [0, 0.05) is 12.1 Å². The van der Waals surface area contributed by atoms with E-state index < -0.39 is 5.97 Å². The van der Waals surface area contributed by atoms with Crippen LogP contribution in [-0.4, -0.2) is 16.2 Å². The van der Waals surface area contributed by atoms with Crippen LogP contribution < -0.4 is 0 Å². The first-order chi connectivity index (χ1) is 6.13. The zero-order valence-electron chi connectivity index (χ0n) is 6.81. The molecule has 66 valence electrons. The van der Waals surface area contributed by atoms with Crippen molar-refractivity contribution in [1.29, 1.82) is 5.26 Å². The third kappa shape index (κ3) is 2.17. The molecule has 0 aliphatic carbocycles. The van der Waals surface area contributed by atoms with Crippen molar-refractivity contribution in [1.82, 2.24) is 5.16 Å². The van der Waals surface area contributed by atoms with E-state index in [0.717, 1.165) is 6.08 Å². The number of aliphatic carboxylic acids is 1. The molecule has 0 aromatic carbocycles. The topological polar surface area (TPSA) is 87.1 Å². The lowest BCUT2D eigenvalue weighted by atomic mass is 10.2. The average Bonchev–Trinajstić information content (AvgIpc) is 2.46. The second kappa shape index (κ2) is 3.54. The molecule has 0 atom stereocenters. The number of carbonyl (C=O) groups is 1. The lowest BCUT2D eigenvalue weighted by Crippen LogP contribution is -1.96. The lowest BCUT2D eigenvalue weighted by molar-refractivity contribution is -0.132. The Morgan fingerprint density at radius 1 is 1.85 bits per heavy atom. The molecule has 1 N–H and O–H groups in total. The van der Waals surface area contributed by atoms with E-state index in [-0.39, 0.29) is 11.3 Å². The monoisotopic (exact) mass is 178 g/mol. The fourth-order valence-corrected chi connectivity index (χ4v) is 0.735. The summed E-state index contributed by atoms with van der Waals surface area (Å²) in [5, 5.41) is 20.4. The number of aryl methyl sites for hydroxylation is 1. The summed E-state index contributed by atoms with van der Waals surface area (Å²) in [7, 11) is 0. The summed E-state index contributed by atoms with van der Waals surface area (Å²) >= 11 is 0. The van der Waals surface area contributed by atoms with Crippen LogP contribution in [0.4, 0.5) is 0 Å². The predicted octanol–water partition coefficient (Wildman–Crippen LogP) is 0.975. The van der Waals surface area contributed by atoms with Crippen LogP contribution in [0.15, 0.2) is 16.2 Å². The molecule has 0 bridgehead atoms. The molecule has 0 radical (unpaired) electrons. The molecule has 1 aromatic heterocycles. The quantitative estimate of drug-likeness (QED) is 0.538. The van der Waals surface area contributed by atoms with Gasteiger partial charge in [-0.3, -0.25) is 0 Å². The van der Waals surface area contributed by atoms with Crippen LogP contribution in [0.1, 0.15) is 11.5 Å². The number of aromatic nitrogens is 1. The molecule has 13 heavy (non-hydrogen) atoms. The Hall–Kier alpha value is -2.09. The number of nitrogens with zero attached hydrogens (tertiary/aromatic N) is 2. The van der Waals surface area contributed by atoms with Crippen molar-refractivity contribution in [3.8, 4) is 6.07 Å². The Morgan fingerprint density at radius 3 is 2.92 bits per heavy atom. The van der Waals surface area contributed by atoms with Gasteiger partial charge in [-0.1, -0.05) is 5.16 Å². The SMILES string of the molecule is Cc1cc(/C=C(\C#N)C(=O)O)on1. The van der Waals surface area contributed by atoms with Gasteiger partial charge in [0.15, 0.2) is 5.76 Å². The summed E-state index contributed by atoms with van der Waals surface area (Å²) in [5.41, 5.74) is 0.255. The normalized spacial score (nSPS) is 10.9. The van der Waals surface area contributed by atoms with E-state index in [9.17, 15) is 4.79 Å². The lowest BCUT2D eigenvalue weighted by Gasteiger charge is -1.85. The third-order valence-electron chi connectivity index (χ3n) is 1.28. The van der Waals surface area contributed by atoms with Crippen LogP contribution in [-0.2, 0) is 4.79 Å². The highest BCUT2D eigenvalue weighted by Gasteiger charge is 2.07. The average molecular weight is 178 g/mol. The summed E-state index contributed by atoms with van der Waals surface area (Å²) in [5.74, 6) is -1.02. The van der Waals surface area contributed by atoms with Gasteiger partial charge in [-0.25, -0.2) is 4.79 Å². The van der Waals surface area contributed by atoms with E-state index in [1.165, 1.54) is 6.07 Å². The summed E-state index contributed by atoms with van der Waals surface area (Å²) in [6, 6.07) is 3.07. The van der Waals surface area contributed by atoms with E-state index in [0.29, 0.717) is 5.69 Å². The fraction of sp³-hybridized carbons (Fsp3) is 0.125. The smallest absolute Gasteiger partial charge is 0.346 e. The first-order valence-corrected chi connectivity index (χ1v) is 3.42. The van der Waals surface area contributed by atoms with Crippen molar-refractivity contribution in [2.45, 2.75) is 6.92 Å². The minimum absolute atomic E-state index is 0.261. The summed E-state index contributed by atoms with van der Waals surface area (Å²) < 4.78 is 4.71. The van der Waals surface area contributed by atoms with E-state index in [4.69, 9.17) is 14.9 Å². The van der Waals surface area contributed by atoms with Crippen LogP contribution in [0.3, 0.4) is 0 Å². The number of hydrogen-bond acceptors (Lipinski definition) is 4. The van der Waals surface area contributed by atoms with Gasteiger partial charge in [-0.15, -0.1) is 0 Å². The minimum atomic E-state index is -1.28. The second-order valence-corrected chi connectivity index (χ2v) is 2.35. The number of rotatable bonds is 2. The number of nitriles is 1. The molecular weight excluding hydrogens is 172 g/mol. The maximum absolute atomic E-state index is 10.4. The molecule has 0 aliphatic heterocycles. The first-order valence-electron chi connectivity index (χ1n) is 3.42. The second-order valence-electron chi connectivity index (χ2n) is 2.35. The van der Waals surface area contributed by atoms with Crippen molar-refractivity contribution in [2.75, 3.05) is 0 Å². The zero-order valence-corrected chi connectivity index (χ0v) is 6.81. The molecule has 0 saturated heterocycles. The molecule has 0 aliphatic rings. The number of hydrogen-bond donors (Lipinski definition) is 1. The summed E-state index contributed by atoms with van der Waals surface area (Å²) in [6.45, 7) is 1.70. The van der Waals surface area contributed by atoms with E-state index in [1.54, 1.807) is 13.0 Å². The molecule has 1 heterocycles. The van der Waals surface area contributed by atoms with E-state index >= 15 is 0 Å². The largest absolute Gasteiger partial charge is 0.477 e. The molecule has 0 saturated carbocycles. The molecular formula is C8H6N2O3. The molecule has 0 unspecified atom stereocenters. The van der Waals surface area contributed by atoms with Gasteiger partial charge in [0.25, 0.3) is 0 Å². The van der Waals surface area contributed by atoms with E-state index in [1.807, 2.05) is 0 Å². The van der Waals surface area contributed by atoms with Gasteiger partial charge in [0.2, 0.25) is 0 Å². The molecule has 0 spiro atoms. The van der Waals surface area contributed by atoms with Crippen LogP contribution >= 0.6 is 0 Å². The Bertz CT molecular complexity index is 398. The van der Waals surface area contributed by atoms with Crippen LogP contribution in [0, 0.1) is 18.3 Å². The Morgan fingerprint density at radius 2 is 2.54 bits per heavy atom. The number of carboxylic acid groups (broad SMARTS) is 1. The predicted molar refractivity (Wildman–Crippen MR) is 42.5 cm³/mol. The highest BCUT2D eigenvalue weighted by atomic mass is 16.5. The highest BCUT2D eigenvalue weighted by Crippen LogP contribution is 2.07. The van der Waals surface area contributed by atoms with Crippen molar-refractivity contribution >= 4 is 12.0 Å². The van der Waals surface area contributed by atoms with Crippen molar-refractivity contribution in [2.24, 2.45) is 0 Å². The Balaban J connectivity index is 3.00. The highest BCUT2D eigenvalue weighted by molar-refractivity contribution is 5.96. The third-order valence-corrected chi connectivity index (χ3v) is 1.28. The molecule has 5 heteroatoms.